The van der Waals surface area contributed by atoms with Crippen molar-refractivity contribution >= 4 is 33.2 Å². The molecule has 4 heterocycles. The van der Waals surface area contributed by atoms with Gasteiger partial charge in [-0.3, -0.25) is 14.4 Å². The van der Waals surface area contributed by atoms with Crippen molar-refractivity contribution in [2.75, 3.05) is 44.2 Å². The predicted octanol–water partition coefficient (Wildman–Crippen LogP) is 3.44. The molecule has 3 aromatic rings. The van der Waals surface area contributed by atoms with E-state index in [0.29, 0.717) is 25.2 Å². The smallest absolute Gasteiger partial charge is 0.274 e. The van der Waals surface area contributed by atoms with Crippen LogP contribution in [0.2, 0.25) is 0 Å². The Morgan fingerprint density at radius 3 is 2.56 bits per heavy atom. The van der Waals surface area contributed by atoms with Crippen molar-refractivity contribution in [1.29, 1.82) is 0 Å². The second kappa shape index (κ2) is 9.85. The summed E-state index contributed by atoms with van der Waals surface area (Å²) in [7, 11) is -3.06. The minimum atomic E-state index is -3.06. The lowest BCUT2D eigenvalue weighted by molar-refractivity contribution is 0.0643. The monoisotopic (exact) mass is 496 g/mol. The summed E-state index contributed by atoms with van der Waals surface area (Å²) >= 11 is 1.57. The maximum absolute atomic E-state index is 13.3. The molecule has 0 bridgehead atoms. The molecule has 1 amide bonds. The van der Waals surface area contributed by atoms with E-state index in [2.05, 4.69) is 34.3 Å². The van der Waals surface area contributed by atoms with Crippen LogP contribution in [0.15, 0.2) is 60.0 Å². The van der Waals surface area contributed by atoms with E-state index in [0.717, 1.165) is 30.2 Å². The third-order valence-electron chi connectivity index (χ3n) is 6.42. The zero-order chi connectivity index (χ0) is 23.5. The molecule has 0 spiro atoms. The van der Waals surface area contributed by atoms with Crippen molar-refractivity contribution < 1.29 is 13.2 Å². The highest BCUT2D eigenvalue weighted by Crippen LogP contribution is 2.32. The SMILES string of the molecule is O=C(c1cc(-c2cccs2)n([C@@H]2CCS(=O)(=O)C2)n1)N1CCN(C/C=C\c2ccccc2)CC1. The summed E-state index contributed by atoms with van der Waals surface area (Å²) in [5.74, 6) is 0.165. The number of amides is 1. The van der Waals surface area contributed by atoms with E-state index in [1.54, 1.807) is 16.0 Å². The van der Waals surface area contributed by atoms with E-state index in [-0.39, 0.29) is 23.5 Å². The van der Waals surface area contributed by atoms with Crippen LogP contribution in [0, 0.1) is 0 Å². The van der Waals surface area contributed by atoms with E-state index in [1.165, 1.54) is 5.56 Å². The van der Waals surface area contributed by atoms with Crippen LogP contribution in [0.3, 0.4) is 0 Å². The molecule has 5 rings (SSSR count). The molecule has 2 aromatic heterocycles. The summed E-state index contributed by atoms with van der Waals surface area (Å²) < 4.78 is 25.9. The van der Waals surface area contributed by atoms with Gasteiger partial charge in [-0.1, -0.05) is 48.6 Å². The minimum absolute atomic E-state index is 0.0792. The first-order valence-electron chi connectivity index (χ1n) is 11.6. The maximum atomic E-state index is 13.3. The quantitative estimate of drug-likeness (QED) is 0.523. The molecule has 7 nitrogen and oxygen atoms in total. The van der Waals surface area contributed by atoms with Gasteiger partial charge in [0.1, 0.15) is 0 Å². The third-order valence-corrected chi connectivity index (χ3v) is 9.06. The van der Waals surface area contributed by atoms with Gasteiger partial charge < -0.3 is 4.90 Å². The fraction of sp³-hybridized carbons (Fsp3) is 0.360. The van der Waals surface area contributed by atoms with E-state index in [1.807, 2.05) is 46.7 Å². The summed E-state index contributed by atoms with van der Waals surface area (Å²) in [4.78, 5) is 18.5. The number of nitrogens with zero attached hydrogens (tertiary/aromatic N) is 4. The number of benzene rings is 1. The molecular formula is C25H28N4O3S2. The van der Waals surface area contributed by atoms with E-state index in [9.17, 15) is 13.2 Å². The number of carbonyl (C=O) groups excluding carboxylic acids is 1. The van der Waals surface area contributed by atoms with E-state index >= 15 is 0 Å². The van der Waals surface area contributed by atoms with Crippen molar-refractivity contribution in [3.8, 4) is 10.6 Å². The van der Waals surface area contributed by atoms with Crippen LogP contribution in [0.25, 0.3) is 16.6 Å². The zero-order valence-corrected chi connectivity index (χ0v) is 20.5. The Labute approximate surface area is 204 Å². The van der Waals surface area contributed by atoms with Crippen LogP contribution in [0.5, 0.6) is 0 Å². The van der Waals surface area contributed by atoms with Crippen LogP contribution >= 0.6 is 11.3 Å². The Bertz CT molecular complexity index is 1260. The number of piperazine rings is 1. The normalized spacial score (nSPS) is 20.8. The number of hydrogen-bond acceptors (Lipinski definition) is 6. The van der Waals surface area contributed by atoms with Crippen LogP contribution in [0.4, 0.5) is 0 Å². The molecule has 1 atom stereocenters. The van der Waals surface area contributed by atoms with Crippen molar-refractivity contribution in [2.45, 2.75) is 12.5 Å². The van der Waals surface area contributed by atoms with Crippen LogP contribution in [-0.4, -0.2) is 78.1 Å². The number of sulfone groups is 1. The Morgan fingerprint density at radius 1 is 1.09 bits per heavy atom. The summed E-state index contributed by atoms with van der Waals surface area (Å²) in [6.07, 6.45) is 4.82. The Kier molecular flexibility index (Phi) is 6.67. The molecule has 1 aromatic carbocycles. The van der Waals surface area contributed by atoms with Crippen molar-refractivity contribution in [1.82, 2.24) is 19.6 Å². The van der Waals surface area contributed by atoms with Gasteiger partial charge in [0.05, 0.1) is 28.1 Å². The van der Waals surface area contributed by atoms with Gasteiger partial charge in [-0.05, 0) is 29.5 Å². The molecule has 0 N–H and O–H groups in total. The molecule has 2 aliphatic heterocycles. The molecule has 0 aliphatic carbocycles. The molecule has 2 aliphatic rings. The van der Waals surface area contributed by atoms with Gasteiger partial charge in [0.2, 0.25) is 0 Å². The highest BCUT2D eigenvalue weighted by atomic mass is 32.2. The lowest BCUT2D eigenvalue weighted by Crippen LogP contribution is -2.48. The van der Waals surface area contributed by atoms with Gasteiger partial charge in [0.15, 0.2) is 15.5 Å². The van der Waals surface area contributed by atoms with Gasteiger partial charge in [-0.25, -0.2) is 8.42 Å². The lowest BCUT2D eigenvalue weighted by Gasteiger charge is -2.33. The number of rotatable bonds is 6. The first-order valence-corrected chi connectivity index (χ1v) is 14.3. The first-order chi connectivity index (χ1) is 16.5. The van der Waals surface area contributed by atoms with Crippen LogP contribution < -0.4 is 0 Å². The predicted molar refractivity (Wildman–Crippen MR) is 136 cm³/mol. The van der Waals surface area contributed by atoms with Gasteiger partial charge in [-0.2, -0.15) is 5.10 Å². The Balaban J connectivity index is 1.25. The average Bonchev–Trinajstić information content (AvgIpc) is 3.59. The topological polar surface area (TPSA) is 75.5 Å². The zero-order valence-electron chi connectivity index (χ0n) is 18.9. The summed E-state index contributed by atoms with van der Waals surface area (Å²) in [5, 5.41) is 6.61. The van der Waals surface area contributed by atoms with E-state index < -0.39 is 9.84 Å². The highest BCUT2D eigenvalue weighted by Gasteiger charge is 2.33. The summed E-state index contributed by atoms with van der Waals surface area (Å²) in [5.41, 5.74) is 2.40. The van der Waals surface area contributed by atoms with Gasteiger partial charge in [-0.15, -0.1) is 11.3 Å². The van der Waals surface area contributed by atoms with Crippen molar-refractivity contribution in [3.05, 3.63) is 71.2 Å². The third kappa shape index (κ3) is 5.16. The molecule has 0 radical (unpaired) electrons. The second-order valence-electron chi connectivity index (χ2n) is 8.80. The molecule has 34 heavy (non-hydrogen) atoms. The number of thiophene rings is 1. The Morgan fingerprint density at radius 2 is 1.88 bits per heavy atom. The van der Waals surface area contributed by atoms with Crippen molar-refractivity contribution in [3.63, 3.8) is 0 Å². The number of carbonyl (C=O) groups is 1. The molecular weight excluding hydrogens is 468 g/mol. The molecule has 9 heteroatoms. The van der Waals surface area contributed by atoms with Gasteiger partial charge in [0, 0.05) is 32.7 Å². The average molecular weight is 497 g/mol. The minimum Gasteiger partial charge on any atom is -0.335 e. The van der Waals surface area contributed by atoms with Crippen LogP contribution in [0.1, 0.15) is 28.5 Å². The maximum Gasteiger partial charge on any atom is 0.274 e. The fourth-order valence-electron chi connectivity index (χ4n) is 4.55. The number of aromatic nitrogens is 2. The standard InChI is InChI=1S/C25H28N4O3S2/c30-25(28-14-12-27(13-15-28)11-4-8-20-6-2-1-3-7-20)22-18-23(24-9-5-16-33-24)29(26-22)21-10-17-34(31,32)19-21/h1-9,16,18,21H,10-15,17,19H2/b8-4-/t21-/m1/s1. The fourth-order valence-corrected chi connectivity index (χ4v) is 6.98. The first kappa shape index (κ1) is 23.0. The molecule has 178 valence electrons. The van der Waals surface area contributed by atoms with Gasteiger partial charge >= 0.3 is 0 Å². The molecule has 0 unspecified atom stereocenters. The summed E-state index contributed by atoms with van der Waals surface area (Å²) in [6, 6.07) is 15.8. The molecule has 2 fully saturated rings. The second-order valence-corrected chi connectivity index (χ2v) is 12.0. The highest BCUT2D eigenvalue weighted by molar-refractivity contribution is 7.91. The van der Waals surface area contributed by atoms with E-state index in [4.69, 9.17) is 0 Å². The molecule has 2 saturated heterocycles. The van der Waals surface area contributed by atoms with Crippen LogP contribution in [-0.2, 0) is 9.84 Å². The van der Waals surface area contributed by atoms with Crippen molar-refractivity contribution in [2.24, 2.45) is 0 Å². The summed E-state index contributed by atoms with van der Waals surface area (Å²) in [6.45, 7) is 3.77. The molecule has 0 saturated carbocycles. The lowest BCUT2D eigenvalue weighted by atomic mass is 10.2. The van der Waals surface area contributed by atoms with Gasteiger partial charge in [0.25, 0.3) is 5.91 Å². The number of hydrogen-bond donors (Lipinski definition) is 0. The Hall–Kier alpha value is -2.75. The largest absolute Gasteiger partial charge is 0.335 e.